The highest BCUT2D eigenvalue weighted by molar-refractivity contribution is 5.76. The second-order valence-corrected chi connectivity index (χ2v) is 8.95. The maximum Gasteiger partial charge on any atom is 0.220 e. The molecule has 2 aromatic heterocycles. The van der Waals surface area contributed by atoms with Gasteiger partial charge >= 0.3 is 0 Å². The van der Waals surface area contributed by atoms with E-state index in [1.54, 1.807) is 18.7 Å². The fourth-order valence-corrected chi connectivity index (χ4v) is 4.74. The molecule has 192 valence electrons. The van der Waals surface area contributed by atoms with Gasteiger partial charge in [-0.05, 0) is 42.3 Å². The highest BCUT2D eigenvalue weighted by atomic mass is 16.7. The summed E-state index contributed by atoms with van der Waals surface area (Å²) in [6.07, 6.45) is 2.99. The number of amides is 1. The predicted molar refractivity (Wildman–Crippen MR) is 131 cm³/mol. The molecule has 0 unspecified atom stereocenters. The average Bonchev–Trinajstić information content (AvgIpc) is 3.54. The van der Waals surface area contributed by atoms with Gasteiger partial charge in [-0.2, -0.15) is 4.52 Å². The van der Waals surface area contributed by atoms with E-state index in [1.165, 1.54) is 0 Å². The number of hydrogen-bond donors (Lipinski definition) is 1. The van der Waals surface area contributed by atoms with Crippen molar-refractivity contribution in [1.29, 1.82) is 0 Å². The number of fused-ring (bicyclic) bond motifs is 1. The van der Waals surface area contributed by atoms with Gasteiger partial charge in [0.2, 0.25) is 5.91 Å². The fraction of sp³-hybridized carbons (Fsp3) is 0.520. The van der Waals surface area contributed by atoms with Crippen molar-refractivity contribution in [3.63, 3.8) is 0 Å². The van der Waals surface area contributed by atoms with Crippen molar-refractivity contribution in [2.75, 3.05) is 52.0 Å². The van der Waals surface area contributed by atoms with E-state index in [-0.39, 0.29) is 5.91 Å². The van der Waals surface area contributed by atoms with E-state index in [9.17, 15) is 4.79 Å². The van der Waals surface area contributed by atoms with Crippen LogP contribution in [0.3, 0.4) is 0 Å². The minimum absolute atomic E-state index is 0.0531. The zero-order valence-electron chi connectivity index (χ0n) is 20.7. The Kier molecular flexibility index (Phi) is 7.19. The molecule has 0 aliphatic carbocycles. The number of anilines is 1. The molecule has 2 saturated heterocycles. The summed E-state index contributed by atoms with van der Waals surface area (Å²) in [7, 11) is 3.26. The Bertz CT molecular complexity index is 1200. The Morgan fingerprint density at radius 2 is 1.86 bits per heavy atom. The Morgan fingerprint density at radius 1 is 1.06 bits per heavy atom. The van der Waals surface area contributed by atoms with Crippen molar-refractivity contribution in [3.8, 4) is 11.5 Å². The average molecular weight is 497 g/mol. The largest absolute Gasteiger partial charge is 0.497 e. The molecule has 0 bridgehead atoms. The molecule has 1 aromatic carbocycles. The molecule has 11 nitrogen and oxygen atoms in total. The molecular weight excluding hydrogens is 464 g/mol. The number of methoxy groups -OCH3 is 2. The molecule has 0 radical (unpaired) electrons. The van der Waals surface area contributed by atoms with Gasteiger partial charge in [-0.1, -0.05) is 0 Å². The van der Waals surface area contributed by atoms with E-state index in [1.807, 2.05) is 30.3 Å². The van der Waals surface area contributed by atoms with Crippen LogP contribution in [0.1, 0.15) is 30.7 Å². The predicted octanol–water partition coefficient (Wildman–Crippen LogP) is 1.78. The molecule has 0 atom stereocenters. The van der Waals surface area contributed by atoms with E-state index in [0.717, 1.165) is 48.8 Å². The normalized spacial score (nSPS) is 17.0. The second-order valence-electron chi connectivity index (χ2n) is 8.95. The van der Waals surface area contributed by atoms with Crippen LogP contribution in [0.4, 0.5) is 5.82 Å². The number of nitrogens with one attached hydrogen (secondary N) is 1. The molecule has 2 fully saturated rings. The Labute approximate surface area is 209 Å². The summed E-state index contributed by atoms with van der Waals surface area (Å²) in [5, 5.41) is 16.2. The SMILES string of the molecule is COc1ccc(OC)c(CCNC(=O)CCc2nnc3ccc(N4CCC5(CC4)OCCO5)nn23)c1. The number of aryl methyl sites for hydroxylation is 1. The zero-order chi connectivity index (χ0) is 25.0. The molecule has 36 heavy (non-hydrogen) atoms. The van der Waals surface area contributed by atoms with Gasteiger partial charge < -0.3 is 29.2 Å². The van der Waals surface area contributed by atoms with Crippen LogP contribution in [0.25, 0.3) is 5.65 Å². The van der Waals surface area contributed by atoms with Crippen LogP contribution in [0.5, 0.6) is 11.5 Å². The maximum absolute atomic E-state index is 12.5. The van der Waals surface area contributed by atoms with Crippen molar-refractivity contribution in [2.24, 2.45) is 0 Å². The molecule has 4 heterocycles. The topological polar surface area (TPSA) is 112 Å². The summed E-state index contributed by atoms with van der Waals surface area (Å²) >= 11 is 0. The van der Waals surface area contributed by atoms with Crippen LogP contribution >= 0.6 is 0 Å². The van der Waals surface area contributed by atoms with Gasteiger partial charge in [0.25, 0.3) is 0 Å². The Hall–Kier alpha value is -3.44. The van der Waals surface area contributed by atoms with Crippen LogP contribution < -0.4 is 19.7 Å². The van der Waals surface area contributed by atoms with Gasteiger partial charge in [0, 0.05) is 45.3 Å². The van der Waals surface area contributed by atoms with E-state index in [2.05, 4.69) is 20.4 Å². The van der Waals surface area contributed by atoms with Crippen molar-refractivity contribution in [3.05, 3.63) is 41.7 Å². The van der Waals surface area contributed by atoms with Gasteiger partial charge in [0.05, 0.1) is 27.4 Å². The first-order chi connectivity index (χ1) is 17.6. The lowest BCUT2D eigenvalue weighted by atomic mass is 10.0. The number of ether oxygens (including phenoxy) is 4. The lowest BCUT2D eigenvalue weighted by molar-refractivity contribution is -0.169. The number of carbonyl (C=O) groups excluding carboxylic acids is 1. The second kappa shape index (κ2) is 10.7. The molecule has 5 rings (SSSR count). The van der Waals surface area contributed by atoms with E-state index in [4.69, 9.17) is 24.0 Å². The third-order valence-corrected chi connectivity index (χ3v) is 6.76. The number of nitrogens with zero attached hydrogens (tertiary/aromatic N) is 5. The van der Waals surface area contributed by atoms with Crippen LogP contribution in [-0.2, 0) is 27.1 Å². The zero-order valence-corrected chi connectivity index (χ0v) is 20.7. The third kappa shape index (κ3) is 5.21. The number of hydrogen-bond acceptors (Lipinski definition) is 9. The summed E-state index contributed by atoms with van der Waals surface area (Å²) in [4.78, 5) is 14.7. The molecular formula is C25H32N6O5. The monoisotopic (exact) mass is 496 g/mol. The van der Waals surface area contributed by atoms with Crippen molar-refractivity contribution in [1.82, 2.24) is 25.1 Å². The number of rotatable bonds is 9. The van der Waals surface area contributed by atoms with E-state index in [0.29, 0.717) is 50.5 Å². The summed E-state index contributed by atoms with van der Waals surface area (Å²) in [5.74, 6) is 2.57. The van der Waals surface area contributed by atoms with Crippen LogP contribution in [0, 0.1) is 0 Å². The maximum atomic E-state index is 12.5. The molecule has 1 spiro atoms. The van der Waals surface area contributed by atoms with Crippen molar-refractivity contribution >= 4 is 17.4 Å². The number of benzene rings is 1. The number of aromatic nitrogens is 4. The quantitative estimate of drug-likeness (QED) is 0.474. The van der Waals surface area contributed by atoms with Gasteiger partial charge in [0.15, 0.2) is 17.3 Å². The van der Waals surface area contributed by atoms with Crippen LogP contribution in [0.15, 0.2) is 30.3 Å². The minimum atomic E-state index is -0.423. The lowest BCUT2D eigenvalue weighted by Crippen LogP contribution is -2.45. The molecule has 11 heteroatoms. The first-order valence-electron chi connectivity index (χ1n) is 12.3. The van der Waals surface area contributed by atoms with Gasteiger partial charge in [0.1, 0.15) is 17.3 Å². The number of piperidine rings is 1. The van der Waals surface area contributed by atoms with Gasteiger partial charge in [-0.15, -0.1) is 15.3 Å². The van der Waals surface area contributed by atoms with E-state index < -0.39 is 5.79 Å². The molecule has 1 N–H and O–H groups in total. The molecule has 1 amide bonds. The van der Waals surface area contributed by atoms with Crippen molar-refractivity contribution in [2.45, 2.75) is 37.9 Å². The summed E-state index contributed by atoms with van der Waals surface area (Å²) in [5.41, 5.74) is 1.64. The molecule has 3 aromatic rings. The van der Waals surface area contributed by atoms with Crippen LogP contribution in [-0.4, -0.2) is 78.6 Å². The lowest BCUT2D eigenvalue weighted by Gasteiger charge is -2.38. The van der Waals surface area contributed by atoms with E-state index >= 15 is 0 Å². The third-order valence-electron chi connectivity index (χ3n) is 6.76. The fourth-order valence-electron chi connectivity index (χ4n) is 4.74. The first-order valence-corrected chi connectivity index (χ1v) is 12.3. The summed E-state index contributed by atoms with van der Waals surface area (Å²) < 4.78 is 24.1. The summed E-state index contributed by atoms with van der Waals surface area (Å²) in [6.45, 7) is 3.43. The Balaban J connectivity index is 1.15. The summed E-state index contributed by atoms with van der Waals surface area (Å²) in [6, 6.07) is 9.51. The van der Waals surface area contributed by atoms with Crippen LogP contribution in [0.2, 0.25) is 0 Å². The van der Waals surface area contributed by atoms with Gasteiger partial charge in [-0.3, -0.25) is 4.79 Å². The molecule has 2 aliphatic heterocycles. The highest BCUT2D eigenvalue weighted by Gasteiger charge is 2.40. The van der Waals surface area contributed by atoms with Gasteiger partial charge in [-0.25, -0.2) is 0 Å². The standard InChI is InChI=1S/C25H32N6O5/c1-33-19-3-4-20(34-2)18(17-19)9-12-26-24(32)8-7-22-28-27-21-5-6-23(29-31(21)22)30-13-10-25(11-14-30)35-15-16-36-25/h3-6,17H,7-16H2,1-2H3,(H,26,32). The number of carbonyl (C=O) groups is 1. The smallest absolute Gasteiger partial charge is 0.220 e. The minimum Gasteiger partial charge on any atom is -0.497 e. The molecule has 0 saturated carbocycles. The van der Waals surface area contributed by atoms with Crippen molar-refractivity contribution < 1.29 is 23.7 Å². The highest BCUT2D eigenvalue weighted by Crippen LogP contribution is 2.32. The first kappa shape index (κ1) is 24.3. The Morgan fingerprint density at radius 3 is 2.61 bits per heavy atom. The molecule has 2 aliphatic rings.